The maximum Gasteiger partial charge on any atom is 0.337 e. The molecule has 0 aliphatic carbocycles. The molecule has 9 heteroatoms. The zero-order valence-electron chi connectivity index (χ0n) is 21.8. The molecule has 0 radical (unpaired) electrons. The maximum atomic E-state index is 13.3. The van der Waals surface area contributed by atoms with Crippen molar-refractivity contribution < 1.29 is 23.8 Å². The minimum atomic E-state index is -0.351. The third kappa shape index (κ3) is 6.89. The second-order valence-corrected chi connectivity index (χ2v) is 10.2. The average Bonchev–Trinajstić information content (AvgIpc) is 3.59. The number of halogens is 1. The number of amides is 1. The van der Waals surface area contributed by atoms with Gasteiger partial charge in [0.15, 0.2) is 11.5 Å². The lowest BCUT2D eigenvalue weighted by molar-refractivity contribution is -0.125. The molecule has 0 aromatic heterocycles. The van der Waals surface area contributed by atoms with E-state index >= 15 is 0 Å². The quantitative estimate of drug-likeness (QED) is 0.370. The lowest BCUT2D eigenvalue weighted by Crippen LogP contribution is -2.43. The Morgan fingerprint density at radius 2 is 1.69 bits per heavy atom. The summed E-state index contributed by atoms with van der Waals surface area (Å²) >= 11 is 6.08. The van der Waals surface area contributed by atoms with Gasteiger partial charge in [0.2, 0.25) is 12.7 Å². The van der Waals surface area contributed by atoms with E-state index in [4.69, 9.17) is 25.8 Å². The van der Waals surface area contributed by atoms with Crippen molar-refractivity contribution in [3.05, 3.63) is 94.0 Å². The number of fused-ring (bicyclic) bond motifs is 1. The van der Waals surface area contributed by atoms with Crippen LogP contribution >= 0.6 is 11.6 Å². The normalized spacial score (nSPS) is 18.2. The van der Waals surface area contributed by atoms with Crippen molar-refractivity contribution in [3.63, 3.8) is 0 Å². The molecule has 3 aromatic carbocycles. The Kier molecular flexibility index (Phi) is 8.66. The molecule has 8 nitrogen and oxygen atoms in total. The minimum absolute atomic E-state index is 0.0245. The van der Waals surface area contributed by atoms with Crippen LogP contribution in [0, 0.1) is 0 Å². The highest BCUT2D eigenvalue weighted by atomic mass is 35.5. The number of hydrogen-bond acceptors (Lipinski definition) is 7. The summed E-state index contributed by atoms with van der Waals surface area (Å²) in [5.41, 5.74) is 3.77. The van der Waals surface area contributed by atoms with Crippen LogP contribution in [-0.2, 0) is 29.0 Å². The van der Waals surface area contributed by atoms with Crippen LogP contribution in [0.5, 0.6) is 11.5 Å². The number of esters is 1. The van der Waals surface area contributed by atoms with Crippen LogP contribution in [0.25, 0.3) is 0 Å². The number of benzene rings is 3. The number of carbonyl (C=O) groups is 2. The van der Waals surface area contributed by atoms with E-state index in [1.165, 1.54) is 7.11 Å². The largest absolute Gasteiger partial charge is 0.465 e. The zero-order valence-corrected chi connectivity index (χ0v) is 22.6. The van der Waals surface area contributed by atoms with E-state index in [9.17, 15) is 9.59 Å². The van der Waals surface area contributed by atoms with Crippen molar-refractivity contribution in [2.45, 2.75) is 38.0 Å². The molecule has 0 spiro atoms. The van der Waals surface area contributed by atoms with E-state index in [0.717, 1.165) is 34.7 Å². The third-order valence-corrected chi connectivity index (χ3v) is 7.38. The van der Waals surface area contributed by atoms with E-state index < -0.39 is 0 Å². The fraction of sp³-hybridized carbons (Fsp3) is 0.333. The summed E-state index contributed by atoms with van der Waals surface area (Å²) in [6.45, 7) is 2.81. The minimum Gasteiger partial charge on any atom is -0.465 e. The lowest BCUT2D eigenvalue weighted by atomic mass is 10.1. The van der Waals surface area contributed by atoms with Crippen molar-refractivity contribution >= 4 is 23.5 Å². The summed E-state index contributed by atoms with van der Waals surface area (Å²) in [6.07, 6.45) is 1.40. The van der Waals surface area contributed by atoms with Gasteiger partial charge in [0.1, 0.15) is 0 Å². The third-order valence-electron chi connectivity index (χ3n) is 7.12. The van der Waals surface area contributed by atoms with Crippen LogP contribution in [0.1, 0.15) is 33.5 Å². The van der Waals surface area contributed by atoms with Gasteiger partial charge in [-0.05, 0) is 65.9 Å². The number of hydrogen-bond donors (Lipinski definition) is 2. The lowest BCUT2D eigenvalue weighted by Gasteiger charge is -2.23. The van der Waals surface area contributed by atoms with Crippen molar-refractivity contribution in [3.8, 4) is 11.5 Å². The van der Waals surface area contributed by atoms with Gasteiger partial charge in [-0.2, -0.15) is 0 Å². The molecule has 2 aliphatic heterocycles. The first kappa shape index (κ1) is 27.0. The van der Waals surface area contributed by atoms with Crippen molar-refractivity contribution in [2.24, 2.45) is 0 Å². The molecule has 204 valence electrons. The smallest absolute Gasteiger partial charge is 0.337 e. The molecule has 39 heavy (non-hydrogen) atoms. The molecule has 2 N–H and O–H groups in total. The van der Waals surface area contributed by atoms with Crippen molar-refractivity contribution in [2.75, 3.05) is 27.0 Å². The summed E-state index contributed by atoms with van der Waals surface area (Å²) in [5, 5.41) is 7.42. The highest BCUT2D eigenvalue weighted by molar-refractivity contribution is 6.30. The number of nitrogens with one attached hydrogen (secondary N) is 2. The van der Waals surface area contributed by atoms with E-state index in [1.54, 1.807) is 12.1 Å². The molecule has 2 heterocycles. The van der Waals surface area contributed by atoms with Crippen LogP contribution in [0.15, 0.2) is 66.7 Å². The molecule has 1 fully saturated rings. The van der Waals surface area contributed by atoms with Gasteiger partial charge in [0, 0.05) is 37.2 Å². The van der Waals surface area contributed by atoms with E-state index in [-0.39, 0.29) is 30.8 Å². The Labute approximate surface area is 233 Å². The number of rotatable bonds is 10. The Balaban J connectivity index is 1.19. The Morgan fingerprint density at radius 3 is 2.46 bits per heavy atom. The van der Waals surface area contributed by atoms with Gasteiger partial charge in [0.25, 0.3) is 0 Å². The molecule has 2 aliphatic rings. The molecular formula is C30H32ClN3O5. The first-order valence-electron chi connectivity index (χ1n) is 13.0. The average molecular weight is 550 g/mol. The van der Waals surface area contributed by atoms with Crippen molar-refractivity contribution in [1.29, 1.82) is 0 Å². The highest BCUT2D eigenvalue weighted by Gasteiger charge is 2.36. The number of methoxy groups -OCH3 is 1. The van der Waals surface area contributed by atoms with Crippen molar-refractivity contribution in [1.82, 2.24) is 15.5 Å². The summed E-state index contributed by atoms with van der Waals surface area (Å²) in [7, 11) is 1.37. The highest BCUT2D eigenvalue weighted by Crippen LogP contribution is 2.32. The second kappa shape index (κ2) is 12.5. The maximum absolute atomic E-state index is 13.3. The van der Waals surface area contributed by atoms with Gasteiger partial charge in [0.05, 0.1) is 18.7 Å². The van der Waals surface area contributed by atoms with Crippen LogP contribution < -0.4 is 20.1 Å². The van der Waals surface area contributed by atoms with Gasteiger partial charge in [-0.1, -0.05) is 41.9 Å². The molecule has 1 saturated heterocycles. The molecule has 2 atom stereocenters. The summed E-state index contributed by atoms with van der Waals surface area (Å²) in [4.78, 5) is 27.3. The monoisotopic (exact) mass is 549 g/mol. The topological polar surface area (TPSA) is 89.1 Å². The second-order valence-electron chi connectivity index (χ2n) is 9.80. The van der Waals surface area contributed by atoms with E-state index in [1.807, 2.05) is 54.6 Å². The van der Waals surface area contributed by atoms with Gasteiger partial charge in [-0.3, -0.25) is 9.69 Å². The van der Waals surface area contributed by atoms with E-state index in [0.29, 0.717) is 43.1 Å². The fourth-order valence-corrected chi connectivity index (χ4v) is 5.13. The number of ether oxygens (including phenoxy) is 3. The van der Waals surface area contributed by atoms with Gasteiger partial charge < -0.3 is 24.8 Å². The number of likely N-dealkylation sites (tertiary alicyclic amines) is 1. The predicted molar refractivity (Wildman–Crippen MR) is 148 cm³/mol. The first-order chi connectivity index (χ1) is 19.0. The number of nitrogens with zero attached hydrogens (tertiary/aromatic N) is 1. The Bertz CT molecular complexity index is 1300. The Hall–Kier alpha value is -3.59. The molecule has 3 aromatic rings. The van der Waals surface area contributed by atoms with Gasteiger partial charge >= 0.3 is 5.97 Å². The predicted octanol–water partition coefficient (Wildman–Crippen LogP) is 3.95. The van der Waals surface area contributed by atoms with Crippen LogP contribution in [-0.4, -0.2) is 55.9 Å². The fourth-order valence-electron chi connectivity index (χ4n) is 5.01. The molecule has 5 rings (SSSR count). The first-order valence-corrected chi connectivity index (χ1v) is 13.4. The Morgan fingerprint density at radius 1 is 0.974 bits per heavy atom. The standard InChI is InChI=1S/C30H32ClN3O5/c1-37-30(36)23-7-2-21(3-8-23)16-33-25-15-26(34(18-25)17-22-4-9-24(31)10-5-22)29(35)32-13-12-20-6-11-27-28(14-20)39-19-38-27/h2-11,14,25-26,33H,12-13,15-19H2,1H3,(H,32,35)/t25-,26-/m0/s1. The zero-order chi connectivity index (χ0) is 27.2. The van der Waals surface area contributed by atoms with Crippen LogP contribution in [0.3, 0.4) is 0 Å². The summed E-state index contributed by atoms with van der Waals surface area (Å²) < 4.78 is 15.6. The van der Waals surface area contributed by atoms with Gasteiger partial charge in [-0.25, -0.2) is 4.79 Å². The summed E-state index contributed by atoms with van der Waals surface area (Å²) in [5.74, 6) is 1.18. The number of carbonyl (C=O) groups excluding carboxylic acids is 2. The SMILES string of the molecule is COC(=O)c1ccc(CN[C@H]2C[C@@H](C(=O)NCCc3ccc4c(c3)OCO4)N(Cc3ccc(Cl)cc3)C2)cc1. The molecular weight excluding hydrogens is 518 g/mol. The van der Waals surface area contributed by atoms with Crippen LogP contribution in [0.2, 0.25) is 5.02 Å². The van der Waals surface area contributed by atoms with Crippen LogP contribution in [0.4, 0.5) is 0 Å². The van der Waals surface area contributed by atoms with E-state index in [2.05, 4.69) is 15.5 Å². The molecule has 0 bridgehead atoms. The van der Waals surface area contributed by atoms with Gasteiger partial charge in [-0.15, -0.1) is 0 Å². The summed E-state index contributed by atoms with van der Waals surface area (Å²) in [6, 6.07) is 20.9. The molecule has 1 amide bonds. The molecule has 0 unspecified atom stereocenters. The molecule has 0 saturated carbocycles.